The van der Waals surface area contributed by atoms with Crippen molar-refractivity contribution < 1.29 is 9.84 Å². The average molecular weight is 267 g/mol. The smallest absolute Gasteiger partial charge is 0.126 e. The van der Waals surface area contributed by atoms with Crippen molar-refractivity contribution in [2.24, 2.45) is 0 Å². The maximum Gasteiger partial charge on any atom is 0.126 e. The number of fused-ring (bicyclic) bond motifs is 1. The number of allylic oxidation sites excluding steroid dienone is 1. The summed E-state index contributed by atoms with van der Waals surface area (Å²) in [5.74, 6) is 1.22. The predicted octanol–water partition coefficient (Wildman–Crippen LogP) is 3.85. The molecule has 3 heteroatoms. The van der Waals surface area contributed by atoms with Gasteiger partial charge in [0.25, 0.3) is 0 Å². The number of hydrogen-bond donors (Lipinski definition) is 1. The molecule has 20 heavy (non-hydrogen) atoms. The lowest BCUT2D eigenvalue weighted by atomic mass is 10.00. The number of aryl methyl sites for hydroxylation is 1. The van der Waals surface area contributed by atoms with Gasteiger partial charge in [-0.2, -0.15) is 0 Å². The van der Waals surface area contributed by atoms with Gasteiger partial charge in [0, 0.05) is 23.5 Å². The molecule has 1 N–H and O–H groups in total. The maximum atomic E-state index is 10.6. The zero-order valence-corrected chi connectivity index (χ0v) is 11.5. The second kappa shape index (κ2) is 5.37. The summed E-state index contributed by atoms with van der Waals surface area (Å²) in [5.41, 5.74) is 4.10. The quantitative estimate of drug-likeness (QED) is 0.898. The summed E-state index contributed by atoms with van der Waals surface area (Å²) in [5, 5.41) is 10.6. The molecule has 1 heterocycles. The maximum absolute atomic E-state index is 10.6. The topological polar surface area (TPSA) is 42.4 Å². The van der Waals surface area contributed by atoms with E-state index >= 15 is 0 Å². The van der Waals surface area contributed by atoms with Crippen LogP contribution in [0, 0.1) is 0 Å². The lowest BCUT2D eigenvalue weighted by Gasteiger charge is -2.10. The fraction of sp³-hybridized carbons (Fsp3) is 0.235. The Labute approximate surface area is 118 Å². The summed E-state index contributed by atoms with van der Waals surface area (Å²) in [4.78, 5) is 4.03. The van der Waals surface area contributed by atoms with E-state index in [1.807, 2.05) is 30.3 Å². The number of nitrogens with zero attached hydrogens (tertiary/aromatic N) is 1. The summed E-state index contributed by atoms with van der Waals surface area (Å²) in [6.07, 6.45) is 6.35. The molecule has 0 aliphatic heterocycles. The monoisotopic (exact) mass is 267 g/mol. The third-order valence-electron chi connectivity index (χ3n) is 3.76. The molecule has 1 aromatic heterocycles. The Hall–Kier alpha value is -2.29. The summed E-state index contributed by atoms with van der Waals surface area (Å²) in [6.45, 7) is 0. The second-order valence-corrected chi connectivity index (χ2v) is 4.94. The van der Waals surface area contributed by atoms with Gasteiger partial charge in [-0.25, -0.2) is 0 Å². The van der Waals surface area contributed by atoms with Crippen LogP contribution < -0.4 is 4.74 Å². The highest BCUT2D eigenvalue weighted by Gasteiger charge is 2.18. The Morgan fingerprint density at radius 3 is 2.65 bits per heavy atom. The highest BCUT2D eigenvalue weighted by Crippen LogP contribution is 2.35. The average Bonchev–Trinajstić information content (AvgIpc) is 2.67. The van der Waals surface area contributed by atoms with E-state index in [1.54, 1.807) is 19.5 Å². The Bertz CT molecular complexity index is 647. The molecule has 0 saturated heterocycles. The van der Waals surface area contributed by atoms with E-state index in [9.17, 15) is 5.11 Å². The first kappa shape index (κ1) is 12.7. The summed E-state index contributed by atoms with van der Waals surface area (Å²) >= 11 is 0. The van der Waals surface area contributed by atoms with Gasteiger partial charge in [-0.3, -0.25) is 4.98 Å². The lowest BCUT2D eigenvalue weighted by molar-refractivity contribution is 0.414. The van der Waals surface area contributed by atoms with Gasteiger partial charge in [0.2, 0.25) is 0 Å². The van der Waals surface area contributed by atoms with Crippen LogP contribution in [0.4, 0.5) is 0 Å². The van der Waals surface area contributed by atoms with Crippen LogP contribution in [-0.2, 0) is 6.42 Å². The molecule has 1 aromatic carbocycles. The molecule has 3 nitrogen and oxygen atoms in total. The van der Waals surface area contributed by atoms with Crippen LogP contribution in [0.3, 0.4) is 0 Å². The van der Waals surface area contributed by atoms with E-state index in [0.29, 0.717) is 5.76 Å². The number of hydrogen-bond acceptors (Lipinski definition) is 3. The molecule has 1 aliphatic carbocycles. The first-order valence-corrected chi connectivity index (χ1v) is 6.79. The molecular weight excluding hydrogens is 250 g/mol. The van der Waals surface area contributed by atoms with Gasteiger partial charge < -0.3 is 9.84 Å². The van der Waals surface area contributed by atoms with Crippen molar-refractivity contribution in [1.82, 2.24) is 4.98 Å². The van der Waals surface area contributed by atoms with Gasteiger partial charge in [-0.05, 0) is 60.7 Å². The molecule has 3 rings (SSSR count). The van der Waals surface area contributed by atoms with E-state index < -0.39 is 0 Å². The fourth-order valence-electron chi connectivity index (χ4n) is 2.71. The third-order valence-corrected chi connectivity index (χ3v) is 3.76. The molecule has 0 atom stereocenters. The molecule has 2 aromatic rings. The second-order valence-electron chi connectivity index (χ2n) is 4.94. The Kier molecular flexibility index (Phi) is 3.42. The molecule has 0 radical (unpaired) electrons. The van der Waals surface area contributed by atoms with Crippen LogP contribution in [0.1, 0.15) is 29.5 Å². The zero-order chi connectivity index (χ0) is 13.9. The zero-order valence-electron chi connectivity index (χ0n) is 11.5. The van der Waals surface area contributed by atoms with Gasteiger partial charge >= 0.3 is 0 Å². The molecule has 102 valence electrons. The van der Waals surface area contributed by atoms with Crippen LogP contribution in [-0.4, -0.2) is 17.2 Å². The number of aromatic nitrogens is 1. The number of methoxy groups -OCH3 is 1. The van der Waals surface area contributed by atoms with Crippen molar-refractivity contribution in [1.29, 1.82) is 0 Å². The molecule has 0 amide bonds. The Morgan fingerprint density at radius 1 is 1.10 bits per heavy atom. The van der Waals surface area contributed by atoms with Crippen molar-refractivity contribution in [2.75, 3.05) is 7.11 Å². The number of aliphatic hydroxyl groups is 1. The molecule has 0 bridgehead atoms. The van der Waals surface area contributed by atoms with Crippen molar-refractivity contribution in [2.45, 2.75) is 19.3 Å². The standard InChI is InChI=1S/C17H17NO2/c1-20-14-5-6-16-13(11-14)3-2-4-15(17(16)19)12-7-9-18-10-8-12/h5-11,19H,2-4H2,1H3. The number of aliphatic hydroxyl groups excluding tert-OH is 1. The summed E-state index contributed by atoms with van der Waals surface area (Å²) < 4.78 is 5.26. The molecule has 0 fully saturated rings. The minimum atomic E-state index is 0.381. The van der Waals surface area contributed by atoms with Gasteiger partial charge in [0.05, 0.1) is 7.11 Å². The highest BCUT2D eigenvalue weighted by molar-refractivity contribution is 5.88. The highest BCUT2D eigenvalue weighted by atomic mass is 16.5. The SMILES string of the molecule is COc1ccc2c(c1)CCCC(c1ccncc1)=C2O. The first-order chi connectivity index (χ1) is 9.79. The molecule has 1 aliphatic rings. The minimum Gasteiger partial charge on any atom is -0.507 e. The largest absolute Gasteiger partial charge is 0.507 e. The third kappa shape index (κ3) is 2.27. The van der Waals surface area contributed by atoms with Crippen LogP contribution in [0.2, 0.25) is 0 Å². The number of benzene rings is 1. The summed E-state index contributed by atoms with van der Waals surface area (Å²) in [7, 11) is 1.66. The number of pyridine rings is 1. The van der Waals surface area contributed by atoms with Crippen LogP contribution in [0.5, 0.6) is 5.75 Å². The van der Waals surface area contributed by atoms with Gasteiger partial charge in [-0.1, -0.05) is 0 Å². The summed E-state index contributed by atoms with van der Waals surface area (Å²) in [6, 6.07) is 9.74. The van der Waals surface area contributed by atoms with E-state index in [1.165, 1.54) is 0 Å². The van der Waals surface area contributed by atoms with E-state index in [-0.39, 0.29) is 0 Å². The Balaban J connectivity index is 2.11. The van der Waals surface area contributed by atoms with Gasteiger partial charge in [0.1, 0.15) is 11.5 Å². The van der Waals surface area contributed by atoms with Gasteiger partial charge in [0.15, 0.2) is 0 Å². The van der Waals surface area contributed by atoms with Gasteiger partial charge in [-0.15, -0.1) is 0 Å². The molecule has 0 saturated carbocycles. The number of ether oxygens (including phenoxy) is 1. The van der Waals surface area contributed by atoms with E-state index in [2.05, 4.69) is 4.98 Å². The first-order valence-electron chi connectivity index (χ1n) is 6.79. The lowest BCUT2D eigenvalue weighted by Crippen LogP contribution is -1.94. The predicted molar refractivity (Wildman–Crippen MR) is 79.6 cm³/mol. The van der Waals surface area contributed by atoms with E-state index in [0.717, 1.165) is 47.3 Å². The van der Waals surface area contributed by atoms with Crippen molar-refractivity contribution in [3.05, 3.63) is 59.4 Å². The minimum absolute atomic E-state index is 0.381. The normalized spacial score (nSPS) is 14.7. The molecular formula is C17H17NO2. The van der Waals surface area contributed by atoms with Crippen LogP contribution in [0.15, 0.2) is 42.7 Å². The number of rotatable bonds is 2. The fourth-order valence-corrected chi connectivity index (χ4v) is 2.71. The van der Waals surface area contributed by atoms with E-state index in [4.69, 9.17) is 4.74 Å². The van der Waals surface area contributed by atoms with Crippen LogP contribution in [0.25, 0.3) is 11.3 Å². The van der Waals surface area contributed by atoms with Crippen molar-refractivity contribution in [3.63, 3.8) is 0 Å². The Morgan fingerprint density at radius 2 is 1.90 bits per heavy atom. The molecule has 0 spiro atoms. The van der Waals surface area contributed by atoms with Crippen molar-refractivity contribution in [3.8, 4) is 5.75 Å². The molecule has 0 unspecified atom stereocenters. The van der Waals surface area contributed by atoms with Crippen LogP contribution >= 0.6 is 0 Å². The van der Waals surface area contributed by atoms with Crippen molar-refractivity contribution >= 4 is 11.3 Å².